The van der Waals surface area contributed by atoms with Gasteiger partial charge >= 0.3 is 0 Å². The summed E-state index contributed by atoms with van der Waals surface area (Å²) in [6, 6.07) is -0.908. The van der Waals surface area contributed by atoms with Crippen molar-refractivity contribution in [1.82, 2.24) is 5.32 Å². The predicted molar refractivity (Wildman–Crippen MR) is 300 cm³/mol. The molecule has 17 unspecified atom stereocenters. The van der Waals surface area contributed by atoms with Gasteiger partial charge in [-0.05, 0) is 70.6 Å². The van der Waals surface area contributed by atoms with Crippen LogP contribution in [0, 0.1) is 0 Å². The third-order valence-electron chi connectivity index (χ3n) is 14.2. The Morgan fingerprint density at radius 1 is 0.468 bits per heavy atom. The van der Waals surface area contributed by atoms with Crippen LogP contribution < -0.4 is 5.32 Å². The largest absolute Gasteiger partial charge is 0.394 e. The van der Waals surface area contributed by atoms with Crippen LogP contribution in [-0.2, 0) is 33.2 Å². The minimum absolute atomic E-state index is 0.220. The van der Waals surface area contributed by atoms with Gasteiger partial charge in [0.1, 0.15) is 73.2 Å². The van der Waals surface area contributed by atoms with E-state index in [-0.39, 0.29) is 18.9 Å². The Morgan fingerprint density at radius 3 is 1.35 bits per heavy atom. The van der Waals surface area contributed by atoms with Gasteiger partial charge in [-0.3, -0.25) is 4.79 Å². The van der Waals surface area contributed by atoms with E-state index in [4.69, 9.17) is 28.4 Å². The first-order valence-electron chi connectivity index (χ1n) is 29.3. The maximum absolute atomic E-state index is 13.3. The number of aliphatic hydroxyl groups is 11. The van der Waals surface area contributed by atoms with Crippen molar-refractivity contribution >= 4 is 5.91 Å². The van der Waals surface area contributed by atoms with Gasteiger partial charge in [-0.2, -0.15) is 0 Å². The number of unbranched alkanes of at least 4 members (excludes halogenated alkanes) is 11. The number of aliphatic hydroxyl groups excluding tert-OH is 11. The predicted octanol–water partition coefficient (Wildman–Crippen LogP) is 4.81. The van der Waals surface area contributed by atoms with E-state index in [1.54, 1.807) is 0 Å². The van der Waals surface area contributed by atoms with E-state index in [0.29, 0.717) is 19.3 Å². The van der Waals surface area contributed by atoms with Crippen LogP contribution >= 0.6 is 0 Å². The third kappa shape index (κ3) is 26.8. The molecule has 454 valence electrons. The Hall–Kier alpha value is -3.03. The number of hydrogen-bond donors (Lipinski definition) is 12. The number of amides is 1. The van der Waals surface area contributed by atoms with Gasteiger partial charge in [-0.15, -0.1) is 0 Å². The highest BCUT2D eigenvalue weighted by Gasteiger charge is 2.53. The van der Waals surface area contributed by atoms with Crippen molar-refractivity contribution in [3.8, 4) is 0 Å². The summed E-state index contributed by atoms with van der Waals surface area (Å²) in [5, 5.41) is 120. The van der Waals surface area contributed by atoms with Crippen LogP contribution in [0.1, 0.15) is 155 Å². The zero-order valence-electron chi connectivity index (χ0n) is 47.1. The van der Waals surface area contributed by atoms with Crippen LogP contribution in [0.4, 0.5) is 0 Å². The molecule has 19 heteroatoms. The molecule has 0 aromatic rings. The van der Waals surface area contributed by atoms with Gasteiger partial charge in [0.25, 0.3) is 0 Å². The Morgan fingerprint density at radius 2 is 0.873 bits per heavy atom. The Balaban J connectivity index is 1.46. The summed E-state index contributed by atoms with van der Waals surface area (Å²) in [5.41, 5.74) is 0. The zero-order valence-corrected chi connectivity index (χ0v) is 47.1. The molecule has 0 aromatic carbocycles. The lowest BCUT2D eigenvalue weighted by Gasteiger charge is -2.48. The lowest BCUT2D eigenvalue weighted by molar-refractivity contribution is -0.379. The molecule has 0 bridgehead atoms. The summed E-state index contributed by atoms with van der Waals surface area (Å²) in [6.07, 6.45) is 24.1. The second-order valence-electron chi connectivity index (χ2n) is 20.7. The number of hydrogen-bond acceptors (Lipinski definition) is 18. The molecule has 0 aliphatic carbocycles. The second kappa shape index (κ2) is 42.7. The molecule has 3 fully saturated rings. The van der Waals surface area contributed by atoms with Crippen LogP contribution in [0.25, 0.3) is 0 Å². The molecule has 17 atom stereocenters. The lowest BCUT2D eigenvalue weighted by atomic mass is 9.96. The highest BCUT2D eigenvalue weighted by atomic mass is 16.8. The Labute approximate surface area is 470 Å². The zero-order chi connectivity index (χ0) is 57.6. The van der Waals surface area contributed by atoms with Gasteiger partial charge in [-0.1, -0.05) is 163 Å². The van der Waals surface area contributed by atoms with Gasteiger partial charge in [0.2, 0.25) is 5.91 Å². The number of carbonyl (C=O) groups is 1. The average molecular weight is 1120 g/mol. The van der Waals surface area contributed by atoms with Gasteiger partial charge < -0.3 is 89.9 Å². The van der Waals surface area contributed by atoms with Crippen LogP contribution in [0.5, 0.6) is 0 Å². The maximum Gasteiger partial charge on any atom is 0.220 e. The van der Waals surface area contributed by atoms with Crippen molar-refractivity contribution in [2.45, 2.75) is 259 Å². The highest BCUT2D eigenvalue weighted by molar-refractivity contribution is 5.76. The Kier molecular flexibility index (Phi) is 38.0. The van der Waals surface area contributed by atoms with E-state index >= 15 is 0 Å². The number of nitrogens with one attached hydrogen (secondary N) is 1. The summed E-state index contributed by atoms with van der Waals surface area (Å²) in [7, 11) is 0. The van der Waals surface area contributed by atoms with Crippen LogP contribution in [-0.4, -0.2) is 193 Å². The van der Waals surface area contributed by atoms with Crippen LogP contribution in [0.3, 0.4) is 0 Å². The fourth-order valence-corrected chi connectivity index (χ4v) is 9.41. The maximum atomic E-state index is 13.3. The quantitative estimate of drug-likeness (QED) is 0.0289. The third-order valence-corrected chi connectivity index (χ3v) is 14.2. The molecule has 3 aliphatic rings. The fourth-order valence-electron chi connectivity index (χ4n) is 9.41. The van der Waals surface area contributed by atoms with Crippen molar-refractivity contribution in [2.75, 3.05) is 26.4 Å². The molecule has 0 aromatic heterocycles. The van der Waals surface area contributed by atoms with Crippen molar-refractivity contribution in [3.05, 3.63) is 85.1 Å². The molecular weight excluding hydrogens is 1020 g/mol. The summed E-state index contributed by atoms with van der Waals surface area (Å²) in [4.78, 5) is 13.3. The molecule has 79 heavy (non-hydrogen) atoms. The molecule has 1 amide bonds. The number of rotatable bonds is 41. The molecule has 0 spiro atoms. The molecule has 19 nitrogen and oxygen atoms in total. The molecule has 3 saturated heterocycles. The first-order valence-corrected chi connectivity index (χ1v) is 29.3. The van der Waals surface area contributed by atoms with Crippen LogP contribution in [0.15, 0.2) is 85.1 Å². The molecule has 12 N–H and O–H groups in total. The van der Waals surface area contributed by atoms with Gasteiger partial charge in [-0.25, -0.2) is 0 Å². The van der Waals surface area contributed by atoms with Crippen molar-refractivity contribution in [2.24, 2.45) is 0 Å². The molecule has 3 rings (SSSR count). The molecular formula is C60H101NO18. The highest BCUT2D eigenvalue weighted by Crippen LogP contribution is 2.33. The minimum atomic E-state index is -1.98. The summed E-state index contributed by atoms with van der Waals surface area (Å²) >= 11 is 0. The lowest BCUT2D eigenvalue weighted by Crippen LogP contribution is -2.66. The van der Waals surface area contributed by atoms with E-state index < -0.39 is 124 Å². The van der Waals surface area contributed by atoms with E-state index in [2.05, 4.69) is 104 Å². The monoisotopic (exact) mass is 1120 g/mol. The summed E-state index contributed by atoms with van der Waals surface area (Å²) in [6.45, 7) is 1.58. The fraction of sp³-hybridized carbons (Fsp3) is 0.750. The molecule has 0 saturated carbocycles. The smallest absolute Gasteiger partial charge is 0.220 e. The summed E-state index contributed by atoms with van der Waals surface area (Å²) in [5.74, 6) is -0.282. The number of allylic oxidation sites excluding steroid dienone is 14. The molecule has 3 heterocycles. The number of ether oxygens (including phenoxy) is 6. The van der Waals surface area contributed by atoms with E-state index in [1.165, 1.54) is 25.7 Å². The van der Waals surface area contributed by atoms with E-state index in [0.717, 1.165) is 89.9 Å². The summed E-state index contributed by atoms with van der Waals surface area (Å²) < 4.78 is 34.2. The topological polar surface area (TPSA) is 307 Å². The van der Waals surface area contributed by atoms with Crippen molar-refractivity contribution in [1.29, 1.82) is 0 Å². The first-order chi connectivity index (χ1) is 38.3. The second-order valence-corrected chi connectivity index (χ2v) is 20.7. The van der Waals surface area contributed by atoms with Crippen molar-refractivity contribution in [3.63, 3.8) is 0 Å². The van der Waals surface area contributed by atoms with Crippen LogP contribution in [0.2, 0.25) is 0 Å². The first kappa shape index (κ1) is 70.2. The average Bonchev–Trinajstić information content (AvgIpc) is 3.47. The van der Waals surface area contributed by atoms with E-state index in [9.17, 15) is 61.0 Å². The van der Waals surface area contributed by atoms with E-state index in [1.807, 2.05) is 0 Å². The number of carbonyl (C=O) groups excluding carboxylic acids is 1. The minimum Gasteiger partial charge on any atom is -0.394 e. The van der Waals surface area contributed by atoms with Gasteiger partial charge in [0.05, 0.1) is 38.6 Å². The molecule has 3 aliphatic heterocycles. The normalized spacial score (nSPS) is 30.9. The molecule has 0 radical (unpaired) electrons. The SMILES string of the molecule is CC/C=C\C/C=C\C/C=C\C/C=C\C/C=C\C/C=C\C/C=C\CCCCCC(=O)NC(COC1OC(CO)C(OC2OC(CO)C(OC3OC(CO)C(O)C(O)C3O)C(O)C2O)C(O)C1O)C(O)CCCCCCCCCCC. The Bertz CT molecular complexity index is 1770. The van der Waals surface area contributed by atoms with Crippen molar-refractivity contribution < 1.29 is 89.4 Å². The van der Waals surface area contributed by atoms with Gasteiger partial charge in [0.15, 0.2) is 18.9 Å². The standard InChI is InChI=1S/C60H101NO18/c1-3-5-7-9-11-13-14-15-16-17-18-19-20-21-22-23-24-25-26-27-28-30-32-34-36-38-48(66)61-43(44(65)37-35-33-31-29-12-10-8-6-4-2)42-74-58-54(72)51(69)56(46(40-63)76-58)79-60-55(73)52(70)57(47(41-64)77-60)78-59-53(71)50(68)49(67)45(39-62)75-59/h5,7,11,13,15-16,18-19,21-22,24-25,27-28,43-47,49-60,62-65,67-73H,3-4,6,8-10,12,14,17,20,23,26,29-42H2,1-2H3,(H,61,66)/b7-5-,13-11-,16-15-,19-18-,22-21-,25-24-,28-27-. The van der Waals surface area contributed by atoms with Gasteiger partial charge in [0, 0.05) is 6.42 Å².